The fourth-order valence-electron chi connectivity index (χ4n) is 3.37. The van der Waals surface area contributed by atoms with Crippen molar-refractivity contribution in [3.05, 3.63) is 59.4 Å². The average Bonchev–Trinajstić information content (AvgIpc) is 3.01. The third kappa shape index (κ3) is 3.09. The van der Waals surface area contributed by atoms with Crippen LogP contribution in [-0.4, -0.2) is 47.0 Å². The minimum atomic E-state index is 0.124. The van der Waals surface area contributed by atoms with Crippen LogP contribution in [0.1, 0.15) is 21.7 Å². The van der Waals surface area contributed by atoms with Crippen molar-refractivity contribution in [3.8, 4) is 0 Å². The van der Waals surface area contributed by atoms with Crippen LogP contribution >= 0.6 is 0 Å². The van der Waals surface area contributed by atoms with Gasteiger partial charge in [-0.1, -0.05) is 17.7 Å². The van der Waals surface area contributed by atoms with Crippen LogP contribution in [0, 0.1) is 13.8 Å². The van der Waals surface area contributed by atoms with Gasteiger partial charge in [0.25, 0.3) is 5.91 Å². The van der Waals surface area contributed by atoms with Gasteiger partial charge in [-0.2, -0.15) is 0 Å². The van der Waals surface area contributed by atoms with E-state index in [1.54, 1.807) is 0 Å². The average molecular weight is 334 g/mol. The van der Waals surface area contributed by atoms with Gasteiger partial charge in [0, 0.05) is 37.4 Å². The van der Waals surface area contributed by atoms with E-state index in [0.717, 1.165) is 48.6 Å². The summed E-state index contributed by atoms with van der Waals surface area (Å²) >= 11 is 0. The summed E-state index contributed by atoms with van der Waals surface area (Å²) in [5.41, 5.74) is 5.18. The number of amides is 1. The van der Waals surface area contributed by atoms with E-state index in [2.05, 4.69) is 33.1 Å². The number of H-pyrrole nitrogens is 1. The van der Waals surface area contributed by atoms with Crippen molar-refractivity contribution < 1.29 is 4.79 Å². The molecule has 25 heavy (non-hydrogen) atoms. The number of rotatable bonds is 2. The summed E-state index contributed by atoms with van der Waals surface area (Å²) in [6.07, 6.45) is 0. The number of imidazole rings is 1. The van der Waals surface area contributed by atoms with Crippen LogP contribution in [0.3, 0.4) is 0 Å². The summed E-state index contributed by atoms with van der Waals surface area (Å²) in [5.74, 6) is 1.06. The maximum Gasteiger partial charge on any atom is 0.253 e. The number of nitrogens with one attached hydrogen (secondary N) is 1. The SMILES string of the molecule is Cc1ccc(C(=O)N2CCN(c3ccc4nc(C)[nH]c4c3)CC2)cc1. The molecule has 0 bridgehead atoms. The number of piperazine rings is 1. The van der Waals surface area contributed by atoms with Gasteiger partial charge in [-0.05, 0) is 44.2 Å². The van der Waals surface area contributed by atoms with Crippen molar-refractivity contribution >= 4 is 22.6 Å². The fourth-order valence-corrected chi connectivity index (χ4v) is 3.37. The largest absolute Gasteiger partial charge is 0.368 e. The van der Waals surface area contributed by atoms with Crippen LogP contribution in [0.5, 0.6) is 0 Å². The first-order valence-electron chi connectivity index (χ1n) is 8.67. The van der Waals surface area contributed by atoms with E-state index in [9.17, 15) is 4.79 Å². The van der Waals surface area contributed by atoms with Gasteiger partial charge >= 0.3 is 0 Å². The minimum absolute atomic E-state index is 0.124. The normalized spacial score (nSPS) is 15.0. The van der Waals surface area contributed by atoms with Crippen LogP contribution < -0.4 is 4.90 Å². The second-order valence-electron chi connectivity index (χ2n) is 6.67. The Morgan fingerprint density at radius 3 is 2.44 bits per heavy atom. The van der Waals surface area contributed by atoms with Crippen LogP contribution in [-0.2, 0) is 0 Å². The number of hydrogen-bond donors (Lipinski definition) is 1. The second kappa shape index (κ2) is 6.24. The zero-order valence-electron chi connectivity index (χ0n) is 14.6. The molecule has 0 spiro atoms. The summed E-state index contributed by atoms with van der Waals surface area (Å²) in [6, 6.07) is 14.1. The van der Waals surface area contributed by atoms with Crippen LogP contribution in [0.4, 0.5) is 5.69 Å². The molecule has 2 aromatic carbocycles. The highest BCUT2D eigenvalue weighted by atomic mass is 16.2. The predicted octanol–water partition coefficient (Wildman–Crippen LogP) is 3.14. The molecule has 0 unspecified atom stereocenters. The lowest BCUT2D eigenvalue weighted by atomic mass is 10.1. The van der Waals surface area contributed by atoms with Gasteiger partial charge in [-0.25, -0.2) is 4.98 Å². The monoisotopic (exact) mass is 334 g/mol. The number of fused-ring (bicyclic) bond motifs is 1. The summed E-state index contributed by atoms with van der Waals surface area (Å²) in [4.78, 5) is 24.6. The molecule has 1 aromatic heterocycles. The Labute approximate surface area is 147 Å². The highest BCUT2D eigenvalue weighted by molar-refractivity contribution is 5.94. The Hall–Kier alpha value is -2.82. The molecule has 128 valence electrons. The van der Waals surface area contributed by atoms with Crippen LogP contribution in [0.25, 0.3) is 11.0 Å². The Balaban J connectivity index is 1.45. The topological polar surface area (TPSA) is 52.2 Å². The number of aryl methyl sites for hydroxylation is 2. The molecule has 1 amide bonds. The highest BCUT2D eigenvalue weighted by Gasteiger charge is 2.22. The number of aromatic amines is 1. The van der Waals surface area contributed by atoms with E-state index < -0.39 is 0 Å². The molecule has 1 fully saturated rings. The molecule has 1 aliphatic rings. The molecule has 0 atom stereocenters. The molecule has 3 aromatic rings. The maximum atomic E-state index is 12.6. The first kappa shape index (κ1) is 15.7. The Morgan fingerprint density at radius 2 is 1.72 bits per heavy atom. The lowest BCUT2D eigenvalue weighted by Crippen LogP contribution is -2.48. The van der Waals surface area contributed by atoms with E-state index in [4.69, 9.17) is 0 Å². The third-order valence-corrected chi connectivity index (χ3v) is 4.81. The summed E-state index contributed by atoms with van der Waals surface area (Å²) in [7, 11) is 0. The first-order valence-corrected chi connectivity index (χ1v) is 8.67. The standard InChI is InChI=1S/C20H22N4O/c1-14-3-5-16(6-4-14)20(25)24-11-9-23(10-12-24)17-7-8-18-19(13-17)22-15(2)21-18/h3-8,13H,9-12H2,1-2H3,(H,21,22). The number of benzene rings is 2. The molecule has 2 heterocycles. The van der Waals surface area contributed by atoms with Crippen molar-refractivity contribution in [2.75, 3.05) is 31.1 Å². The number of anilines is 1. The Morgan fingerprint density at radius 1 is 1.00 bits per heavy atom. The number of aromatic nitrogens is 2. The summed E-state index contributed by atoms with van der Waals surface area (Å²) < 4.78 is 0. The van der Waals surface area contributed by atoms with Crippen molar-refractivity contribution in [2.24, 2.45) is 0 Å². The Bertz CT molecular complexity index is 905. The van der Waals surface area contributed by atoms with E-state index >= 15 is 0 Å². The molecule has 0 aliphatic carbocycles. The lowest BCUT2D eigenvalue weighted by molar-refractivity contribution is 0.0747. The highest BCUT2D eigenvalue weighted by Crippen LogP contribution is 2.22. The van der Waals surface area contributed by atoms with Gasteiger partial charge in [-0.3, -0.25) is 4.79 Å². The molecule has 5 nitrogen and oxygen atoms in total. The smallest absolute Gasteiger partial charge is 0.253 e. The van der Waals surface area contributed by atoms with Gasteiger partial charge in [0.1, 0.15) is 5.82 Å². The lowest BCUT2D eigenvalue weighted by Gasteiger charge is -2.36. The van der Waals surface area contributed by atoms with E-state index in [1.165, 1.54) is 11.3 Å². The van der Waals surface area contributed by atoms with Crippen molar-refractivity contribution in [1.82, 2.24) is 14.9 Å². The van der Waals surface area contributed by atoms with Crippen molar-refractivity contribution in [1.29, 1.82) is 0 Å². The maximum absolute atomic E-state index is 12.6. The number of carbonyl (C=O) groups excluding carboxylic acids is 1. The molecule has 5 heteroatoms. The van der Waals surface area contributed by atoms with Gasteiger partial charge in [0.05, 0.1) is 11.0 Å². The summed E-state index contributed by atoms with van der Waals surface area (Å²) in [6.45, 7) is 7.17. The van der Waals surface area contributed by atoms with E-state index in [-0.39, 0.29) is 5.91 Å². The minimum Gasteiger partial charge on any atom is -0.368 e. The fraction of sp³-hybridized carbons (Fsp3) is 0.300. The molecular formula is C20H22N4O. The zero-order chi connectivity index (χ0) is 17.4. The van der Waals surface area contributed by atoms with Gasteiger partial charge in [0.15, 0.2) is 0 Å². The zero-order valence-corrected chi connectivity index (χ0v) is 14.6. The number of carbonyl (C=O) groups is 1. The number of hydrogen-bond acceptors (Lipinski definition) is 3. The van der Waals surface area contributed by atoms with Crippen LogP contribution in [0.2, 0.25) is 0 Å². The Kier molecular flexibility index (Phi) is 3.92. The molecular weight excluding hydrogens is 312 g/mol. The third-order valence-electron chi connectivity index (χ3n) is 4.81. The molecule has 1 N–H and O–H groups in total. The molecule has 0 radical (unpaired) electrons. The van der Waals surface area contributed by atoms with Crippen molar-refractivity contribution in [2.45, 2.75) is 13.8 Å². The van der Waals surface area contributed by atoms with Gasteiger partial charge in [-0.15, -0.1) is 0 Å². The molecule has 1 saturated heterocycles. The summed E-state index contributed by atoms with van der Waals surface area (Å²) in [5, 5.41) is 0. The van der Waals surface area contributed by atoms with Gasteiger partial charge < -0.3 is 14.8 Å². The van der Waals surface area contributed by atoms with Crippen molar-refractivity contribution in [3.63, 3.8) is 0 Å². The van der Waals surface area contributed by atoms with Crippen LogP contribution in [0.15, 0.2) is 42.5 Å². The second-order valence-corrected chi connectivity index (χ2v) is 6.67. The predicted molar refractivity (Wildman–Crippen MR) is 100 cm³/mol. The molecule has 4 rings (SSSR count). The van der Waals surface area contributed by atoms with E-state index in [0.29, 0.717) is 0 Å². The molecule has 1 aliphatic heterocycles. The quantitative estimate of drug-likeness (QED) is 0.783. The van der Waals surface area contributed by atoms with E-state index in [1.807, 2.05) is 43.0 Å². The van der Waals surface area contributed by atoms with Gasteiger partial charge in [0.2, 0.25) is 0 Å². The number of nitrogens with zero attached hydrogens (tertiary/aromatic N) is 3. The first-order chi connectivity index (χ1) is 12.1. The molecule has 0 saturated carbocycles.